The van der Waals surface area contributed by atoms with Crippen molar-refractivity contribution >= 4 is 16.9 Å². The Morgan fingerprint density at radius 3 is 2.79 bits per heavy atom. The lowest BCUT2D eigenvalue weighted by Crippen LogP contribution is -2.45. The van der Waals surface area contributed by atoms with Crippen molar-refractivity contribution in [3.63, 3.8) is 0 Å². The Morgan fingerprint density at radius 2 is 2.03 bits per heavy atom. The summed E-state index contributed by atoms with van der Waals surface area (Å²) in [5, 5.41) is 9.43. The molecule has 1 saturated heterocycles. The number of piperidine rings is 1. The van der Waals surface area contributed by atoms with Gasteiger partial charge in [-0.2, -0.15) is 5.26 Å². The number of hydrogen-bond acceptors (Lipinski definition) is 6. The van der Waals surface area contributed by atoms with Crippen LogP contribution in [0.5, 0.6) is 0 Å². The fourth-order valence-electron chi connectivity index (χ4n) is 3.97. The number of aromatic nitrogens is 3. The number of anilines is 1. The molecule has 2 N–H and O–H groups in total. The van der Waals surface area contributed by atoms with E-state index in [4.69, 9.17) is 5.73 Å². The molecule has 1 atom stereocenters. The molecule has 148 valence electrons. The molecule has 8 heteroatoms. The summed E-state index contributed by atoms with van der Waals surface area (Å²) in [6.07, 6.45) is 3.56. The predicted molar refractivity (Wildman–Crippen MR) is 111 cm³/mol. The Bertz CT molecular complexity index is 1240. The highest BCUT2D eigenvalue weighted by Gasteiger charge is 2.23. The molecule has 8 nitrogen and oxygen atoms in total. The molecule has 4 rings (SSSR count). The molecule has 0 saturated carbocycles. The average molecular weight is 390 g/mol. The predicted octanol–water partition coefficient (Wildman–Crippen LogP) is 0.943. The van der Waals surface area contributed by atoms with Gasteiger partial charge in [-0.3, -0.25) is 18.7 Å². The van der Waals surface area contributed by atoms with E-state index in [-0.39, 0.29) is 12.6 Å². The quantitative estimate of drug-likeness (QED) is 0.667. The van der Waals surface area contributed by atoms with Crippen LogP contribution < -0.4 is 21.8 Å². The number of benzene rings is 1. The van der Waals surface area contributed by atoms with Crippen LogP contribution in [-0.2, 0) is 13.6 Å². The van der Waals surface area contributed by atoms with Crippen molar-refractivity contribution in [3.8, 4) is 6.07 Å². The third kappa shape index (κ3) is 3.30. The van der Waals surface area contributed by atoms with Gasteiger partial charge in [-0.25, -0.2) is 4.98 Å². The molecule has 0 spiro atoms. The summed E-state index contributed by atoms with van der Waals surface area (Å²) in [7, 11) is 1.55. The van der Waals surface area contributed by atoms with Crippen molar-refractivity contribution in [1.29, 1.82) is 5.26 Å². The highest BCUT2D eigenvalue weighted by atomic mass is 16.2. The summed E-state index contributed by atoms with van der Waals surface area (Å²) in [6, 6.07) is 11.1. The van der Waals surface area contributed by atoms with E-state index in [0.29, 0.717) is 28.8 Å². The van der Waals surface area contributed by atoms with Gasteiger partial charge in [0, 0.05) is 32.4 Å². The lowest BCUT2D eigenvalue weighted by Gasteiger charge is -2.33. The summed E-state index contributed by atoms with van der Waals surface area (Å²) < 4.78 is 2.73. The second kappa shape index (κ2) is 7.53. The molecule has 1 aliphatic rings. The first-order valence-corrected chi connectivity index (χ1v) is 9.58. The Labute approximate surface area is 167 Å². The molecule has 0 unspecified atom stereocenters. The van der Waals surface area contributed by atoms with Gasteiger partial charge in [0.05, 0.1) is 23.9 Å². The van der Waals surface area contributed by atoms with Gasteiger partial charge < -0.3 is 10.6 Å². The first kappa shape index (κ1) is 18.9. The van der Waals surface area contributed by atoms with Crippen LogP contribution in [0.1, 0.15) is 24.0 Å². The van der Waals surface area contributed by atoms with Gasteiger partial charge in [0.1, 0.15) is 5.52 Å². The van der Waals surface area contributed by atoms with Crippen LogP contribution in [0.25, 0.3) is 11.2 Å². The zero-order valence-corrected chi connectivity index (χ0v) is 16.2. The number of nitriles is 1. The Hall–Kier alpha value is -3.44. The highest BCUT2D eigenvalue weighted by Crippen LogP contribution is 2.27. The first-order chi connectivity index (χ1) is 14.0. The van der Waals surface area contributed by atoms with Crippen LogP contribution in [0.4, 0.5) is 5.69 Å². The molecule has 2 aromatic heterocycles. The second-order valence-corrected chi connectivity index (χ2v) is 7.38. The summed E-state index contributed by atoms with van der Waals surface area (Å²) >= 11 is 0. The molecule has 1 aliphatic heterocycles. The Morgan fingerprint density at radius 1 is 1.24 bits per heavy atom. The molecule has 0 amide bonds. The van der Waals surface area contributed by atoms with Crippen molar-refractivity contribution in [3.05, 3.63) is 68.4 Å². The topological polar surface area (TPSA) is 110 Å². The lowest BCUT2D eigenvalue weighted by molar-refractivity contribution is 0.506. The lowest BCUT2D eigenvalue weighted by atomic mass is 10.1. The van der Waals surface area contributed by atoms with Gasteiger partial charge in [-0.05, 0) is 30.5 Å². The molecular formula is C21H22N6O2. The number of pyridine rings is 1. The maximum atomic E-state index is 13.0. The maximum Gasteiger partial charge on any atom is 0.317 e. The number of hydrogen-bond donors (Lipinski definition) is 1. The fourth-order valence-corrected chi connectivity index (χ4v) is 3.97. The normalized spacial score (nSPS) is 16.7. The number of rotatable bonds is 3. The first-order valence-electron chi connectivity index (χ1n) is 9.58. The number of aryl methyl sites for hydroxylation is 1. The van der Waals surface area contributed by atoms with Crippen molar-refractivity contribution in [1.82, 2.24) is 14.1 Å². The van der Waals surface area contributed by atoms with E-state index in [9.17, 15) is 14.9 Å². The largest absolute Gasteiger partial charge is 0.368 e. The summed E-state index contributed by atoms with van der Waals surface area (Å²) in [6.45, 7) is 1.61. The summed E-state index contributed by atoms with van der Waals surface area (Å²) in [5.74, 6) is 0. The number of fused-ring (bicyclic) bond motifs is 1. The van der Waals surface area contributed by atoms with Crippen LogP contribution in [-0.4, -0.2) is 33.2 Å². The van der Waals surface area contributed by atoms with Crippen molar-refractivity contribution < 1.29 is 0 Å². The third-order valence-corrected chi connectivity index (χ3v) is 5.47. The molecule has 0 radical (unpaired) electrons. The van der Waals surface area contributed by atoms with E-state index in [1.807, 2.05) is 12.1 Å². The number of nitrogens with two attached hydrogens (primary N) is 1. The smallest absolute Gasteiger partial charge is 0.317 e. The molecule has 3 heterocycles. The van der Waals surface area contributed by atoms with E-state index < -0.39 is 11.1 Å². The third-order valence-electron chi connectivity index (χ3n) is 5.47. The Kier molecular flexibility index (Phi) is 4.91. The van der Waals surface area contributed by atoms with Gasteiger partial charge in [0.15, 0.2) is 5.65 Å². The van der Waals surface area contributed by atoms with Gasteiger partial charge >= 0.3 is 11.1 Å². The molecule has 3 aromatic rings. The van der Waals surface area contributed by atoms with Crippen molar-refractivity contribution in [2.45, 2.75) is 25.4 Å². The van der Waals surface area contributed by atoms with Crippen molar-refractivity contribution in [2.75, 3.05) is 18.0 Å². The standard InChI is InChI=1S/C21H22N6O2/c1-25-19-18(17(8-9-24-19)26-10-4-7-16(23)13-26)27(21(29)20(25)28)12-15-6-3-2-5-14(15)11-22/h2-3,5-6,8-9,16H,4,7,10,12-13,23H2,1H3/t16-/m1/s1. The number of nitrogens with zero attached hydrogens (tertiary/aromatic N) is 5. The van der Waals surface area contributed by atoms with E-state index in [1.54, 1.807) is 31.4 Å². The van der Waals surface area contributed by atoms with E-state index >= 15 is 0 Å². The molecular weight excluding hydrogens is 368 g/mol. The van der Waals surface area contributed by atoms with Crippen LogP contribution >= 0.6 is 0 Å². The van der Waals surface area contributed by atoms with Crippen molar-refractivity contribution in [2.24, 2.45) is 12.8 Å². The molecule has 1 fully saturated rings. The van der Waals surface area contributed by atoms with Crippen LogP contribution in [0.3, 0.4) is 0 Å². The molecule has 29 heavy (non-hydrogen) atoms. The summed E-state index contributed by atoms with van der Waals surface area (Å²) in [4.78, 5) is 32.1. The van der Waals surface area contributed by atoms with Crippen LogP contribution in [0.15, 0.2) is 46.1 Å². The van der Waals surface area contributed by atoms with Gasteiger partial charge in [0.2, 0.25) is 0 Å². The molecule has 0 aliphatic carbocycles. The average Bonchev–Trinajstić information content (AvgIpc) is 2.75. The maximum absolute atomic E-state index is 13.0. The molecule has 1 aromatic carbocycles. The summed E-state index contributed by atoms with van der Waals surface area (Å²) in [5.41, 5.74) is 7.88. The fraction of sp³-hybridized carbons (Fsp3) is 0.333. The zero-order chi connectivity index (χ0) is 20.5. The zero-order valence-electron chi connectivity index (χ0n) is 16.2. The van der Waals surface area contributed by atoms with Crippen LogP contribution in [0.2, 0.25) is 0 Å². The highest BCUT2D eigenvalue weighted by molar-refractivity contribution is 5.86. The van der Waals surface area contributed by atoms with Gasteiger partial charge in [-0.15, -0.1) is 0 Å². The van der Waals surface area contributed by atoms with Gasteiger partial charge in [0.25, 0.3) is 0 Å². The Balaban J connectivity index is 1.99. The minimum atomic E-state index is -0.646. The minimum absolute atomic E-state index is 0.0546. The van der Waals surface area contributed by atoms with E-state index in [1.165, 1.54) is 9.13 Å². The van der Waals surface area contributed by atoms with Crippen LogP contribution in [0, 0.1) is 11.3 Å². The van der Waals surface area contributed by atoms with E-state index in [2.05, 4.69) is 16.0 Å². The van der Waals surface area contributed by atoms with Gasteiger partial charge in [-0.1, -0.05) is 18.2 Å². The SMILES string of the molecule is Cn1c(=O)c(=O)n(Cc2ccccc2C#N)c2c(N3CCC[C@@H](N)C3)ccnc21. The monoisotopic (exact) mass is 390 g/mol. The van der Waals surface area contributed by atoms with E-state index in [0.717, 1.165) is 25.1 Å². The molecule has 0 bridgehead atoms. The second-order valence-electron chi connectivity index (χ2n) is 7.38. The minimum Gasteiger partial charge on any atom is -0.368 e.